The highest BCUT2D eigenvalue weighted by Gasteiger charge is 2.48. The molecule has 1 heterocycles. The Morgan fingerprint density at radius 1 is 1.12 bits per heavy atom. The monoisotopic (exact) mass is 445 g/mol. The van der Waals surface area contributed by atoms with Gasteiger partial charge in [-0.3, -0.25) is 9.80 Å². The summed E-state index contributed by atoms with van der Waals surface area (Å²) < 4.78 is 0.988. The molecule has 0 unspecified atom stereocenters. The van der Waals surface area contributed by atoms with Crippen LogP contribution >= 0.6 is 0 Å². The van der Waals surface area contributed by atoms with Gasteiger partial charge >= 0.3 is 6.29 Å². The van der Waals surface area contributed by atoms with E-state index in [2.05, 4.69) is 70.2 Å². The Morgan fingerprint density at radius 3 is 2.12 bits per heavy atom. The maximum absolute atomic E-state index is 13.5. The molecule has 0 fully saturated rings. The lowest BCUT2D eigenvalue weighted by Gasteiger charge is -2.43. The molecule has 1 aliphatic rings. The molecule has 3 N–H and O–H groups in total. The van der Waals surface area contributed by atoms with E-state index in [9.17, 15) is 15.3 Å². The fraction of sp³-hybridized carbons (Fsp3) is 0.545. The zero-order chi connectivity index (χ0) is 24.4. The molecule has 0 saturated carbocycles. The van der Waals surface area contributed by atoms with Gasteiger partial charge in [-0.1, -0.05) is 17.6 Å². The van der Waals surface area contributed by atoms with Crippen molar-refractivity contribution in [2.75, 3.05) is 0 Å². The number of hydrogen-bond donors (Lipinski definition) is 2. The first-order valence-corrected chi connectivity index (χ1v) is 10.5. The van der Waals surface area contributed by atoms with Crippen LogP contribution in [0.15, 0.2) is 40.7 Å². The van der Waals surface area contributed by atoms with Crippen molar-refractivity contribution in [1.29, 1.82) is 0 Å². The topological polar surface area (TPSA) is 126 Å². The molecule has 1 aromatic carbocycles. The number of aliphatic imine (C=N–C) groups is 1. The molecule has 0 spiro atoms. The molecule has 0 amide bonds. The molecule has 2 rings (SSSR count). The highest BCUT2D eigenvalue weighted by Crippen LogP contribution is 2.39. The van der Waals surface area contributed by atoms with Crippen LogP contribution in [0, 0.1) is 15.3 Å². The van der Waals surface area contributed by atoms with Crippen LogP contribution in [0.25, 0.3) is 0 Å². The number of allylic oxidation sites excluding steroid dienone is 2. The van der Waals surface area contributed by atoms with E-state index in [1.165, 1.54) is 0 Å². The van der Waals surface area contributed by atoms with Crippen molar-refractivity contribution >= 4 is 12.2 Å². The normalized spacial score (nSPS) is 16.8. The smallest absolute Gasteiger partial charge is 0.322 e. The summed E-state index contributed by atoms with van der Waals surface area (Å²) in [5.74, 6) is -0.278. The standard InChI is InChI=1S/C22H35N7O3/c1-15-16(2)28(22(6,7)8)20(27(15)21(3,4)5)26(30)14-18-11-9-10-17(12-18)13-24-19(23)25-29(31)32/h9-12,14,20H,13H2,1-8H3,(H3,23,24,25)/b26-14-. The summed E-state index contributed by atoms with van der Waals surface area (Å²) in [6.07, 6.45) is 1.04. The van der Waals surface area contributed by atoms with Crippen LogP contribution in [-0.4, -0.2) is 49.1 Å². The SMILES string of the molecule is CC1=C(C)N(C(C)(C)C)C(/[N+]([O-])=C/c2cccc(CN=C(N)N[N+](=O)[O-])c2)N1C(C)(C)C. The first kappa shape index (κ1) is 25.0. The number of hydrazine groups is 1. The van der Waals surface area contributed by atoms with E-state index >= 15 is 0 Å². The molecular formula is C22H35N7O3. The summed E-state index contributed by atoms with van der Waals surface area (Å²) in [5.41, 5.74) is 10.4. The third-order valence-corrected chi connectivity index (χ3v) is 5.25. The first-order chi connectivity index (χ1) is 14.6. The summed E-state index contributed by atoms with van der Waals surface area (Å²) in [7, 11) is 0. The van der Waals surface area contributed by atoms with Gasteiger partial charge in [-0.25, -0.2) is 15.1 Å². The van der Waals surface area contributed by atoms with Crippen LogP contribution in [0.1, 0.15) is 66.5 Å². The molecule has 1 aromatic rings. The number of hydrogen-bond acceptors (Lipinski definition) is 6. The van der Waals surface area contributed by atoms with Crippen LogP contribution in [0.2, 0.25) is 0 Å². The summed E-state index contributed by atoms with van der Waals surface area (Å²) in [4.78, 5) is 18.7. The van der Waals surface area contributed by atoms with Crippen molar-refractivity contribution in [3.05, 3.63) is 62.1 Å². The second-order valence-electron chi connectivity index (χ2n) is 9.90. The summed E-state index contributed by atoms with van der Waals surface area (Å²) in [5, 5.41) is 23.2. The third-order valence-electron chi connectivity index (χ3n) is 5.25. The maximum atomic E-state index is 13.5. The number of nitrogens with two attached hydrogens (primary N) is 1. The van der Waals surface area contributed by atoms with E-state index in [1.807, 2.05) is 29.7 Å². The minimum absolute atomic E-state index is 0.151. The zero-order valence-corrected chi connectivity index (χ0v) is 20.2. The number of nitrogens with one attached hydrogen (secondary N) is 1. The van der Waals surface area contributed by atoms with Crippen molar-refractivity contribution in [2.24, 2.45) is 10.7 Å². The largest absolute Gasteiger partial charge is 0.621 e. The van der Waals surface area contributed by atoms with Crippen molar-refractivity contribution in [1.82, 2.24) is 15.2 Å². The Bertz CT molecular complexity index is 925. The predicted octanol–water partition coefficient (Wildman–Crippen LogP) is 2.96. The maximum Gasteiger partial charge on any atom is 0.322 e. The van der Waals surface area contributed by atoms with Gasteiger partial charge in [0, 0.05) is 28.0 Å². The van der Waals surface area contributed by atoms with Crippen LogP contribution in [0.3, 0.4) is 0 Å². The first-order valence-electron chi connectivity index (χ1n) is 10.5. The lowest BCUT2D eigenvalue weighted by molar-refractivity contribution is -0.556. The average molecular weight is 446 g/mol. The zero-order valence-electron chi connectivity index (χ0n) is 20.2. The predicted molar refractivity (Wildman–Crippen MR) is 126 cm³/mol. The number of benzene rings is 1. The summed E-state index contributed by atoms with van der Waals surface area (Å²) in [6, 6.07) is 7.29. The number of nitro groups is 1. The van der Waals surface area contributed by atoms with Crippen LogP contribution in [0.4, 0.5) is 0 Å². The second-order valence-corrected chi connectivity index (χ2v) is 9.90. The van der Waals surface area contributed by atoms with Gasteiger partial charge in [0.2, 0.25) is 0 Å². The van der Waals surface area contributed by atoms with Gasteiger partial charge in [0.25, 0.3) is 5.96 Å². The molecular weight excluding hydrogens is 410 g/mol. The van der Waals surface area contributed by atoms with Gasteiger partial charge in [-0.15, -0.1) is 0 Å². The number of nitrogens with zero attached hydrogens (tertiary/aromatic N) is 5. The second kappa shape index (κ2) is 9.05. The third kappa shape index (κ3) is 5.68. The van der Waals surface area contributed by atoms with Crippen LogP contribution in [0.5, 0.6) is 0 Å². The fourth-order valence-electron chi connectivity index (χ4n) is 4.03. The molecule has 1 aliphatic heterocycles. The molecule has 0 saturated heterocycles. The molecule has 0 bridgehead atoms. The minimum atomic E-state index is -0.764. The van der Waals surface area contributed by atoms with E-state index in [4.69, 9.17) is 5.73 Å². The van der Waals surface area contributed by atoms with Gasteiger partial charge in [0.05, 0.1) is 6.54 Å². The molecule has 0 aliphatic carbocycles. The van der Waals surface area contributed by atoms with E-state index < -0.39 is 11.3 Å². The number of rotatable bonds is 5. The Morgan fingerprint density at radius 2 is 1.66 bits per heavy atom. The van der Waals surface area contributed by atoms with Crippen molar-refractivity contribution in [3.8, 4) is 0 Å². The van der Waals surface area contributed by atoms with Gasteiger partial charge in [0.1, 0.15) is 0 Å². The molecule has 176 valence electrons. The van der Waals surface area contributed by atoms with Crippen molar-refractivity contribution in [3.63, 3.8) is 0 Å². The quantitative estimate of drug-likeness (QED) is 0.178. The lowest BCUT2D eigenvalue weighted by atomic mass is 10.0. The minimum Gasteiger partial charge on any atom is -0.621 e. The summed E-state index contributed by atoms with van der Waals surface area (Å²) >= 11 is 0. The van der Waals surface area contributed by atoms with E-state index in [-0.39, 0.29) is 23.6 Å². The molecule has 32 heavy (non-hydrogen) atoms. The Labute approximate surface area is 189 Å². The molecule has 0 aromatic heterocycles. The highest BCUT2D eigenvalue weighted by atomic mass is 16.7. The number of guanidine groups is 1. The van der Waals surface area contributed by atoms with E-state index in [1.54, 1.807) is 6.21 Å². The summed E-state index contributed by atoms with van der Waals surface area (Å²) in [6.45, 7) is 16.8. The van der Waals surface area contributed by atoms with E-state index in [0.29, 0.717) is 5.56 Å². The lowest BCUT2D eigenvalue weighted by Crippen LogP contribution is -2.58. The highest BCUT2D eigenvalue weighted by molar-refractivity contribution is 5.77. The fourth-order valence-corrected chi connectivity index (χ4v) is 4.03. The van der Waals surface area contributed by atoms with Gasteiger partial charge in [0.15, 0.2) is 11.2 Å². The van der Waals surface area contributed by atoms with Crippen LogP contribution < -0.4 is 11.2 Å². The van der Waals surface area contributed by atoms with Crippen molar-refractivity contribution < 1.29 is 9.77 Å². The molecule has 0 radical (unpaired) electrons. The Balaban J connectivity index is 2.40. The Kier molecular flexibility index (Phi) is 7.06. The Hall–Kier alpha value is -3.30. The molecule has 10 nitrogen and oxygen atoms in total. The molecule has 10 heteroatoms. The van der Waals surface area contributed by atoms with Crippen LogP contribution in [-0.2, 0) is 6.54 Å². The van der Waals surface area contributed by atoms with E-state index in [0.717, 1.165) is 21.7 Å². The van der Waals surface area contributed by atoms with Gasteiger partial charge in [-0.2, -0.15) is 4.74 Å². The molecule has 0 atom stereocenters. The average Bonchev–Trinajstić information content (AvgIpc) is 2.91. The van der Waals surface area contributed by atoms with Crippen molar-refractivity contribution in [2.45, 2.75) is 79.3 Å². The van der Waals surface area contributed by atoms with Gasteiger partial charge < -0.3 is 10.9 Å². The number of hydroxylamine groups is 1. The van der Waals surface area contributed by atoms with Gasteiger partial charge in [-0.05, 0) is 73.1 Å².